The molecule has 0 spiro atoms. The predicted molar refractivity (Wildman–Crippen MR) is 83.3 cm³/mol. The van der Waals surface area contributed by atoms with E-state index in [2.05, 4.69) is 31.2 Å². The molecule has 2 heterocycles. The quantitative estimate of drug-likeness (QED) is 0.704. The number of rotatable bonds is 2. The number of hydrogen-bond donors (Lipinski definition) is 1. The van der Waals surface area contributed by atoms with Crippen LogP contribution in [0.2, 0.25) is 0 Å². The topological polar surface area (TPSA) is 51.4 Å². The van der Waals surface area contributed by atoms with E-state index in [0.29, 0.717) is 16.3 Å². The highest BCUT2D eigenvalue weighted by Gasteiger charge is 2.19. The zero-order chi connectivity index (χ0) is 15.1. The van der Waals surface area contributed by atoms with Crippen molar-refractivity contribution in [3.8, 4) is 17.2 Å². The Morgan fingerprint density at radius 2 is 1.95 bits per heavy atom. The molecule has 1 aromatic carbocycles. The van der Waals surface area contributed by atoms with Gasteiger partial charge in [-0.15, -0.1) is 0 Å². The second-order valence-electron chi connectivity index (χ2n) is 4.54. The molecule has 0 unspecified atom stereocenters. The Hall–Kier alpha value is -1.80. The van der Waals surface area contributed by atoms with Crippen LogP contribution >= 0.6 is 28.1 Å². The zero-order valence-electron chi connectivity index (χ0n) is 11.3. The summed E-state index contributed by atoms with van der Waals surface area (Å²) in [5.74, 6) is 0.271. The van der Waals surface area contributed by atoms with Gasteiger partial charge in [-0.2, -0.15) is 10.2 Å². The van der Waals surface area contributed by atoms with Gasteiger partial charge in [0.1, 0.15) is 11.5 Å². The van der Waals surface area contributed by atoms with Crippen LogP contribution < -0.4 is 0 Å². The minimum Gasteiger partial charge on any atom is -0.271 e. The Morgan fingerprint density at radius 3 is 2.52 bits per heavy atom. The van der Waals surface area contributed by atoms with Gasteiger partial charge in [0.15, 0.2) is 10.6 Å². The number of H-pyrrole nitrogens is 1. The number of nitrogens with one attached hydrogen (secondary N) is 1. The molecule has 0 bridgehead atoms. The number of aryl methyl sites for hydroxylation is 1. The van der Waals surface area contributed by atoms with E-state index in [9.17, 15) is 4.39 Å². The van der Waals surface area contributed by atoms with Crippen LogP contribution in [0, 0.1) is 17.5 Å². The van der Waals surface area contributed by atoms with Gasteiger partial charge in [-0.05, 0) is 59.3 Å². The van der Waals surface area contributed by atoms with Crippen LogP contribution in [0.15, 0.2) is 28.7 Å². The van der Waals surface area contributed by atoms with Gasteiger partial charge in [-0.1, -0.05) is 0 Å². The van der Waals surface area contributed by atoms with E-state index < -0.39 is 0 Å². The molecule has 21 heavy (non-hydrogen) atoms. The Bertz CT molecular complexity index is 862. The summed E-state index contributed by atoms with van der Waals surface area (Å²) in [6, 6.07) is 6.06. The fraction of sp³-hybridized carbons (Fsp3) is 0.154. The lowest BCUT2D eigenvalue weighted by molar-refractivity contribution is 0.627. The minimum atomic E-state index is -0.301. The van der Waals surface area contributed by atoms with Crippen molar-refractivity contribution < 1.29 is 4.39 Å². The first kappa shape index (κ1) is 14.2. The molecule has 0 amide bonds. The molecule has 108 valence electrons. The summed E-state index contributed by atoms with van der Waals surface area (Å²) in [5.41, 5.74) is 2.37. The van der Waals surface area contributed by atoms with Gasteiger partial charge in [0, 0.05) is 12.7 Å². The largest absolute Gasteiger partial charge is 0.271 e. The molecular formula is C13H11BrFN5S. The van der Waals surface area contributed by atoms with Crippen LogP contribution in [-0.2, 0) is 7.05 Å². The summed E-state index contributed by atoms with van der Waals surface area (Å²) in [7, 11) is 1.85. The molecule has 0 atom stereocenters. The first-order valence-electron chi connectivity index (χ1n) is 6.12. The van der Waals surface area contributed by atoms with Crippen LogP contribution in [0.25, 0.3) is 17.2 Å². The molecule has 8 heteroatoms. The van der Waals surface area contributed by atoms with E-state index in [4.69, 9.17) is 12.2 Å². The summed E-state index contributed by atoms with van der Waals surface area (Å²) in [6.45, 7) is 1.95. The Kier molecular flexibility index (Phi) is 3.50. The third-order valence-corrected chi connectivity index (χ3v) is 4.45. The summed E-state index contributed by atoms with van der Waals surface area (Å²) < 4.78 is 17.8. The monoisotopic (exact) mass is 367 g/mol. The normalized spacial score (nSPS) is 11.0. The average molecular weight is 368 g/mol. The summed E-state index contributed by atoms with van der Waals surface area (Å²) in [4.78, 5) is 0. The molecule has 1 N–H and O–H groups in total. The second kappa shape index (κ2) is 5.19. The van der Waals surface area contributed by atoms with Crippen LogP contribution in [0.3, 0.4) is 0 Å². The third-order valence-electron chi connectivity index (χ3n) is 3.23. The number of aromatic amines is 1. The highest BCUT2D eigenvalue weighted by Crippen LogP contribution is 2.29. The first-order chi connectivity index (χ1) is 9.99. The standard InChI is InChI=1S/C13H11BrFN5S/c1-7-10(14)11(18-19(7)2)12-16-17-13(21)20(12)9-5-3-8(15)4-6-9/h3-6H,1-2H3,(H,17,21). The molecule has 0 saturated carbocycles. The molecule has 0 fully saturated rings. The maximum atomic E-state index is 13.1. The molecule has 0 aliphatic carbocycles. The van der Waals surface area contributed by atoms with Crippen molar-refractivity contribution in [1.29, 1.82) is 0 Å². The van der Waals surface area contributed by atoms with Crippen molar-refractivity contribution in [3.63, 3.8) is 0 Å². The van der Waals surface area contributed by atoms with Gasteiger partial charge < -0.3 is 0 Å². The highest BCUT2D eigenvalue weighted by molar-refractivity contribution is 9.10. The van der Waals surface area contributed by atoms with Crippen molar-refractivity contribution in [3.05, 3.63) is 45.0 Å². The van der Waals surface area contributed by atoms with E-state index in [-0.39, 0.29) is 5.82 Å². The van der Waals surface area contributed by atoms with Gasteiger partial charge in [0.2, 0.25) is 0 Å². The third kappa shape index (κ3) is 2.34. The van der Waals surface area contributed by atoms with Gasteiger partial charge in [-0.3, -0.25) is 14.3 Å². The number of hydrogen-bond acceptors (Lipinski definition) is 3. The maximum absolute atomic E-state index is 13.1. The van der Waals surface area contributed by atoms with Gasteiger partial charge in [0.25, 0.3) is 0 Å². The lowest BCUT2D eigenvalue weighted by Gasteiger charge is -2.05. The number of benzene rings is 1. The first-order valence-corrected chi connectivity index (χ1v) is 7.32. The molecular weight excluding hydrogens is 357 g/mol. The molecule has 3 rings (SSSR count). The van der Waals surface area contributed by atoms with Crippen LogP contribution in [-0.4, -0.2) is 24.5 Å². The van der Waals surface area contributed by atoms with Crippen molar-refractivity contribution in [2.75, 3.05) is 0 Å². The summed E-state index contributed by atoms with van der Waals surface area (Å²) in [6.07, 6.45) is 0. The summed E-state index contributed by atoms with van der Waals surface area (Å²) >= 11 is 8.79. The molecule has 0 aliphatic rings. The van der Waals surface area contributed by atoms with Crippen molar-refractivity contribution in [1.82, 2.24) is 24.5 Å². The van der Waals surface area contributed by atoms with Crippen LogP contribution in [0.1, 0.15) is 5.69 Å². The fourth-order valence-corrected chi connectivity index (χ4v) is 2.76. The lowest BCUT2D eigenvalue weighted by Crippen LogP contribution is -1.99. The van der Waals surface area contributed by atoms with E-state index in [1.54, 1.807) is 21.4 Å². The maximum Gasteiger partial charge on any atom is 0.200 e. The summed E-state index contributed by atoms with van der Waals surface area (Å²) in [5, 5.41) is 11.4. The Balaban J connectivity index is 2.24. The SMILES string of the molecule is Cc1c(Br)c(-c2n[nH]c(=S)n2-c2ccc(F)cc2)nn1C. The van der Waals surface area contributed by atoms with Gasteiger partial charge >= 0.3 is 0 Å². The average Bonchev–Trinajstić information content (AvgIpc) is 2.96. The Labute approximate surface area is 133 Å². The van der Waals surface area contributed by atoms with Crippen molar-refractivity contribution in [2.24, 2.45) is 7.05 Å². The minimum absolute atomic E-state index is 0.301. The molecule has 0 aliphatic heterocycles. The van der Waals surface area contributed by atoms with Crippen molar-refractivity contribution in [2.45, 2.75) is 6.92 Å². The second-order valence-corrected chi connectivity index (χ2v) is 5.72. The zero-order valence-corrected chi connectivity index (χ0v) is 13.7. The number of nitrogens with zero attached hydrogens (tertiary/aromatic N) is 4. The van der Waals surface area contributed by atoms with E-state index in [0.717, 1.165) is 15.9 Å². The number of aromatic nitrogens is 5. The van der Waals surface area contributed by atoms with E-state index >= 15 is 0 Å². The van der Waals surface area contributed by atoms with Crippen LogP contribution in [0.4, 0.5) is 4.39 Å². The molecule has 2 aromatic heterocycles. The molecule has 5 nitrogen and oxygen atoms in total. The van der Waals surface area contributed by atoms with E-state index in [1.165, 1.54) is 12.1 Å². The predicted octanol–water partition coefficient (Wildman–Crippen LogP) is 3.54. The van der Waals surface area contributed by atoms with E-state index in [1.807, 2.05) is 14.0 Å². The van der Waals surface area contributed by atoms with Crippen LogP contribution in [0.5, 0.6) is 0 Å². The fourth-order valence-electron chi connectivity index (χ4n) is 2.01. The van der Waals surface area contributed by atoms with Gasteiger partial charge in [0.05, 0.1) is 10.2 Å². The lowest BCUT2D eigenvalue weighted by atomic mass is 10.3. The number of halogens is 2. The van der Waals surface area contributed by atoms with Crippen molar-refractivity contribution >= 4 is 28.1 Å². The highest BCUT2D eigenvalue weighted by atomic mass is 79.9. The smallest absolute Gasteiger partial charge is 0.200 e. The molecule has 0 radical (unpaired) electrons. The molecule has 0 saturated heterocycles. The van der Waals surface area contributed by atoms with Gasteiger partial charge in [-0.25, -0.2) is 4.39 Å². The molecule has 3 aromatic rings. The Morgan fingerprint density at radius 1 is 1.29 bits per heavy atom.